The number of hydrogen-bond acceptors (Lipinski definition) is 4. The Balaban J connectivity index is 0.000000390. The second kappa shape index (κ2) is 10.4. The summed E-state index contributed by atoms with van der Waals surface area (Å²) in [6, 6.07) is 29.8. The van der Waals surface area contributed by atoms with Gasteiger partial charge in [-0.2, -0.15) is 13.2 Å². The van der Waals surface area contributed by atoms with Crippen LogP contribution in [0.1, 0.15) is 20.8 Å². The van der Waals surface area contributed by atoms with Gasteiger partial charge in [-0.15, -0.1) is 0 Å². The molecule has 3 aromatic rings. The Morgan fingerprint density at radius 3 is 1.53 bits per heavy atom. The molecule has 0 spiro atoms. The number of hydrogen-bond donors (Lipinski definition) is 0. The number of benzene rings is 3. The van der Waals surface area contributed by atoms with Crippen LogP contribution in [0.4, 0.5) is 13.2 Å². The molecule has 3 aromatic carbocycles. The summed E-state index contributed by atoms with van der Waals surface area (Å²) in [5.74, 6) is 0.921. The van der Waals surface area contributed by atoms with Crippen molar-refractivity contribution in [3.8, 4) is 5.75 Å². The van der Waals surface area contributed by atoms with E-state index in [2.05, 4.69) is 99.6 Å². The van der Waals surface area contributed by atoms with E-state index in [0.29, 0.717) is 0 Å². The first-order valence-corrected chi connectivity index (χ1v) is 12.1. The first kappa shape index (κ1) is 25.8. The third-order valence-electron chi connectivity index (χ3n) is 3.71. The molecule has 0 N–H and O–H groups in total. The number of alkyl halides is 3. The maximum absolute atomic E-state index is 10.7. The Morgan fingerprint density at radius 2 is 1.16 bits per heavy atom. The SMILES string of the molecule is CC(C)(C)Oc1cccc([S+](c2ccccc2)c2ccccc2)c1.O=S(=O)([O-])C(F)(F)F. The van der Waals surface area contributed by atoms with E-state index in [4.69, 9.17) is 17.7 Å². The molecule has 0 radical (unpaired) electrons. The minimum absolute atomic E-state index is 0.133. The lowest BCUT2D eigenvalue weighted by Crippen LogP contribution is -2.23. The lowest BCUT2D eigenvalue weighted by atomic mass is 10.2. The zero-order chi connectivity index (χ0) is 24.0. The topological polar surface area (TPSA) is 66.4 Å². The van der Waals surface area contributed by atoms with Gasteiger partial charge in [-0.05, 0) is 57.2 Å². The van der Waals surface area contributed by atoms with Gasteiger partial charge in [0.05, 0.1) is 10.9 Å². The highest BCUT2D eigenvalue weighted by Crippen LogP contribution is 2.33. The predicted octanol–water partition coefficient (Wildman–Crippen LogP) is 6.01. The average molecular weight is 485 g/mol. The van der Waals surface area contributed by atoms with Crippen LogP contribution in [0.2, 0.25) is 0 Å². The van der Waals surface area contributed by atoms with Crippen LogP contribution in [0.25, 0.3) is 0 Å². The molecule has 4 nitrogen and oxygen atoms in total. The Bertz CT molecular complexity index is 1060. The van der Waals surface area contributed by atoms with Crippen molar-refractivity contribution in [1.29, 1.82) is 0 Å². The van der Waals surface area contributed by atoms with E-state index in [1.165, 1.54) is 14.7 Å². The van der Waals surface area contributed by atoms with Crippen LogP contribution in [0.3, 0.4) is 0 Å². The van der Waals surface area contributed by atoms with Crippen molar-refractivity contribution >= 4 is 21.0 Å². The van der Waals surface area contributed by atoms with E-state index >= 15 is 0 Å². The number of halogens is 3. The lowest BCUT2D eigenvalue weighted by Gasteiger charge is -2.21. The van der Waals surface area contributed by atoms with Gasteiger partial charge in [-0.1, -0.05) is 42.5 Å². The molecule has 0 atom stereocenters. The smallest absolute Gasteiger partial charge is 0.485 e. The van der Waals surface area contributed by atoms with Crippen LogP contribution in [0.15, 0.2) is 99.6 Å². The highest BCUT2D eigenvalue weighted by atomic mass is 32.2. The van der Waals surface area contributed by atoms with Gasteiger partial charge in [-0.3, -0.25) is 0 Å². The van der Waals surface area contributed by atoms with Crippen LogP contribution < -0.4 is 4.74 Å². The van der Waals surface area contributed by atoms with Gasteiger partial charge in [0.1, 0.15) is 11.4 Å². The van der Waals surface area contributed by atoms with Gasteiger partial charge in [0.15, 0.2) is 24.8 Å². The first-order valence-electron chi connectivity index (χ1n) is 9.43. The largest absolute Gasteiger partial charge is 0.741 e. The Morgan fingerprint density at radius 1 is 0.750 bits per heavy atom. The molecule has 0 aliphatic heterocycles. The van der Waals surface area contributed by atoms with Crippen molar-refractivity contribution in [3.63, 3.8) is 0 Å². The summed E-state index contributed by atoms with van der Waals surface area (Å²) >= 11 is 0. The maximum Gasteiger partial charge on any atom is 0.485 e. The predicted molar refractivity (Wildman–Crippen MR) is 118 cm³/mol. The molecular formula is C23H23F3O4S2. The van der Waals surface area contributed by atoms with Crippen molar-refractivity contribution in [2.45, 2.75) is 46.6 Å². The average Bonchev–Trinajstić information content (AvgIpc) is 2.68. The molecule has 0 fully saturated rings. The van der Waals surface area contributed by atoms with Crippen molar-refractivity contribution in [2.75, 3.05) is 0 Å². The van der Waals surface area contributed by atoms with Crippen molar-refractivity contribution < 1.29 is 30.9 Å². The van der Waals surface area contributed by atoms with Gasteiger partial charge in [0.2, 0.25) is 0 Å². The summed E-state index contributed by atoms with van der Waals surface area (Å²) in [6.45, 7) is 6.23. The van der Waals surface area contributed by atoms with Crippen LogP contribution in [-0.2, 0) is 21.0 Å². The zero-order valence-electron chi connectivity index (χ0n) is 17.7. The van der Waals surface area contributed by atoms with E-state index in [1.54, 1.807) is 0 Å². The molecule has 0 aliphatic carbocycles. The highest BCUT2D eigenvalue weighted by Gasteiger charge is 2.37. The Labute approximate surface area is 189 Å². The third kappa shape index (κ3) is 7.89. The van der Waals surface area contributed by atoms with Gasteiger partial charge in [-0.25, -0.2) is 8.42 Å². The first-order chi connectivity index (χ1) is 14.8. The van der Waals surface area contributed by atoms with Crippen molar-refractivity contribution in [2.24, 2.45) is 0 Å². The molecule has 172 valence electrons. The fourth-order valence-electron chi connectivity index (χ4n) is 2.54. The molecule has 3 rings (SSSR count). The molecule has 0 saturated heterocycles. The van der Waals surface area contributed by atoms with E-state index in [0.717, 1.165) is 5.75 Å². The van der Waals surface area contributed by atoms with Crippen LogP contribution in [-0.4, -0.2) is 24.1 Å². The van der Waals surface area contributed by atoms with E-state index < -0.39 is 15.6 Å². The minimum Gasteiger partial charge on any atom is -0.741 e. The summed E-state index contributed by atoms with van der Waals surface area (Å²) in [5.41, 5.74) is -5.84. The maximum atomic E-state index is 10.7. The summed E-state index contributed by atoms with van der Waals surface area (Å²) in [5, 5.41) is 0. The normalized spacial score (nSPS) is 12.1. The van der Waals surface area contributed by atoms with E-state index in [9.17, 15) is 13.2 Å². The molecular weight excluding hydrogens is 461 g/mol. The zero-order valence-corrected chi connectivity index (χ0v) is 19.3. The second-order valence-electron chi connectivity index (χ2n) is 7.52. The summed E-state index contributed by atoms with van der Waals surface area (Å²) in [6.07, 6.45) is 0. The number of ether oxygens (including phenoxy) is 1. The quantitative estimate of drug-likeness (QED) is 0.258. The summed E-state index contributed by atoms with van der Waals surface area (Å²) in [7, 11) is -6.22. The lowest BCUT2D eigenvalue weighted by molar-refractivity contribution is -0.0517. The number of rotatable bonds is 4. The molecule has 0 amide bonds. The van der Waals surface area contributed by atoms with Crippen LogP contribution >= 0.6 is 0 Å². The second-order valence-corrected chi connectivity index (χ2v) is 10.9. The molecule has 0 aliphatic rings. The monoisotopic (exact) mass is 484 g/mol. The molecule has 0 aromatic heterocycles. The van der Waals surface area contributed by atoms with E-state index in [1.807, 2.05) is 6.07 Å². The molecule has 0 bridgehead atoms. The molecule has 32 heavy (non-hydrogen) atoms. The van der Waals surface area contributed by atoms with Crippen LogP contribution in [0, 0.1) is 0 Å². The fourth-order valence-corrected chi connectivity index (χ4v) is 4.66. The van der Waals surface area contributed by atoms with Crippen molar-refractivity contribution in [1.82, 2.24) is 0 Å². The molecule has 0 unspecified atom stereocenters. The van der Waals surface area contributed by atoms with Gasteiger partial charge in [0.25, 0.3) is 0 Å². The summed E-state index contributed by atoms with van der Waals surface area (Å²) < 4.78 is 65.0. The fraction of sp³-hybridized carbons (Fsp3) is 0.217. The molecule has 9 heteroatoms. The minimum atomic E-state index is -6.09. The van der Waals surface area contributed by atoms with Gasteiger partial charge in [0, 0.05) is 6.07 Å². The Hall–Kier alpha value is -2.49. The van der Waals surface area contributed by atoms with Gasteiger partial charge < -0.3 is 9.29 Å². The van der Waals surface area contributed by atoms with E-state index in [-0.39, 0.29) is 16.5 Å². The molecule has 0 heterocycles. The van der Waals surface area contributed by atoms with Crippen molar-refractivity contribution in [3.05, 3.63) is 84.9 Å². The Kier molecular flexibility index (Phi) is 8.39. The van der Waals surface area contributed by atoms with Crippen LogP contribution in [0.5, 0.6) is 5.75 Å². The highest BCUT2D eigenvalue weighted by molar-refractivity contribution is 7.97. The van der Waals surface area contributed by atoms with Gasteiger partial charge >= 0.3 is 5.51 Å². The molecule has 0 saturated carbocycles. The standard InChI is InChI=1S/C22H23OS.CHF3O3S/c1-22(2,3)23-18-11-10-16-21(17-18)24(19-12-6-4-7-13-19)20-14-8-5-9-15-20;2-1(3,4)8(5,6)7/h4-17H,1-3H3;(H,5,6,7)/q+1;/p-1. The summed E-state index contributed by atoms with van der Waals surface area (Å²) in [4.78, 5) is 3.90. The third-order valence-corrected chi connectivity index (χ3v) is 6.49.